The van der Waals surface area contributed by atoms with E-state index in [1.165, 1.54) is 22.5 Å². The van der Waals surface area contributed by atoms with E-state index in [1.54, 1.807) is 0 Å². The van der Waals surface area contributed by atoms with Crippen LogP contribution in [-0.2, 0) is 10.0 Å². The van der Waals surface area contributed by atoms with Gasteiger partial charge in [0.25, 0.3) is 0 Å². The Hall–Kier alpha value is -1.60. The van der Waals surface area contributed by atoms with E-state index in [-0.39, 0.29) is 16.1 Å². The zero-order valence-electron chi connectivity index (χ0n) is 10.4. The van der Waals surface area contributed by atoms with Crippen molar-refractivity contribution in [2.75, 3.05) is 18.8 Å². The van der Waals surface area contributed by atoms with Crippen LogP contribution < -0.4 is 5.73 Å². The average Bonchev–Trinajstić information content (AvgIpc) is 2.39. The lowest BCUT2D eigenvalue weighted by Gasteiger charge is -2.26. The number of rotatable bonds is 3. The van der Waals surface area contributed by atoms with Crippen LogP contribution in [0.5, 0.6) is 0 Å². The molecule has 7 heteroatoms. The monoisotopic (exact) mass is 284 g/mol. The van der Waals surface area contributed by atoms with Crippen molar-refractivity contribution in [2.45, 2.75) is 24.2 Å². The average molecular weight is 284 g/mol. The van der Waals surface area contributed by atoms with E-state index in [9.17, 15) is 13.2 Å². The molecule has 1 aliphatic rings. The highest BCUT2D eigenvalue weighted by Crippen LogP contribution is 2.25. The van der Waals surface area contributed by atoms with Gasteiger partial charge in [0.1, 0.15) is 4.90 Å². The first-order valence-corrected chi connectivity index (χ1v) is 7.50. The summed E-state index contributed by atoms with van der Waals surface area (Å²) in [5, 5.41) is 8.84. The minimum absolute atomic E-state index is 0.0144. The molecule has 1 heterocycles. The van der Waals surface area contributed by atoms with Crippen LogP contribution in [-0.4, -0.2) is 36.9 Å². The first kappa shape index (κ1) is 13.8. The van der Waals surface area contributed by atoms with E-state index < -0.39 is 16.0 Å². The largest absolute Gasteiger partial charge is 0.478 e. The molecule has 6 nitrogen and oxygen atoms in total. The Labute approximate surface area is 111 Å². The molecule has 0 radical (unpaired) electrons. The molecule has 0 aliphatic carbocycles. The molecule has 0 bridgehead atoms. The zero-order valence-corrected chi connectivity index (χ0v) is 11.2. The Kier molecular flexibility index (Phi) is 3.77. The molecule has 0 amide bonds. The molecule has 19 heavy (non-hydrogen) atoms. The lowest BCUT2D eigenvalue weighted by Crippen LogP contribution is -2.36. The molecule has 1 aromatic rings. The number of nitrogens with zero attached hydrogens (tertiary/aromatic N) is 1. The van der Waals surface area contributed by atoms with Crippen LogP contribution in [0.1, 0.15) is 29.6 Å². The van der Waals surface area contributed by atoms with E-state index in [0.717, 1.165) is 19.3 Å². The van der Waals surface area contributed by atoms with E-state index in [4.69, 9.17) is 10.8 Å². The second-order valence-electron chi connectivity index (χ2n) is 4.52. The van der Waals surface area contributed by atoms with E-state index in [0.29, 0.717) is 13.1 Å². The smallest absolute Gasteiger partial charge is 0.335 e. The SMILES string of the molecule is Nc1cc(C(=O)O)ccc1S(=O)(=O)N1CCCCC1. The number of benzene rings is 1. The minimum atomic E-state index is -3.62. The fraction of sp³-hybridized carbons (Fsp3) is 0.417. The highest BCUT2D eigenvalue weighted by atomic mass is 32.2. The van der Waals surface area contributed by atoms with Crippen molar-refractivity contribution >= 4 is 21.7 Å². The highest BCUT2D eigenvalue weighted by Gasteiger charge is 2.27. The maximum atomic E-state index is 12.4. The van der Waals surface area contributed by atoms with Gasteiger partial charge in [-0.3, -0.25) is 0 Å². The molecule has 0 saturated carbocycles. The van der Waals surface area contributed by atoms with Crippen molar-refractivity contribution < 1.29 is 18.3 Å². The van der Waals surface area contributed by atoms with E-state index in [1.807, 2.05) is 0 Å². The molecular formula is C12H16N2O4S. The Morgan fingerprint density at radius 3 is 2.37 bits per heavy atom. The molecule has 0 aromatic heterocycles. The summed E-state index contributed by atoms with van der Waals surface area (Å²) in [6, 6.07) is 3.71. The van der Waals surface area contributed by atoms with Crippen molar-refractivity contribution in [1.29, 1.82) is 0 Å². The third-order valence-electron chi connectivity index (χ3n) is 3.19. The predicted octanol–water partition coefficient (Wildman–Crippen LogP) is 1.14. The number of aromatic carboxylic acids is 1. The van der Waals surface area contributed by atoms with Gasteiger partial charge in [0.15, 0.2) is 0 Å². The molecule has 104 valence electrons. The van der Waals surface area contributed by atoms with Gasteiger partial charge in [0, 0.05) is 13.1 Å². The summed E-state index contributed by atoms with van der Waals surface area (Å²) in [5.74, 6) is -1.13. The van der Waals surface area contributed by atoms with Gasteiger partial charge in [-0.15, -0.1) is 0 Å². The minimum Gasteiger partial charge on any atom is -0.478 e. The normalized spacial score (nSPS) is 17.3. The molecule has 1 fully saturated rings. The Balaban J connectivity index is 2.37. The van der Waals surface area contributed by atoms with Gasteiger partial charge in [0.2, 0.25) is 10.0 Å². The number of nitrogen functional groups attached to an aromatic ring is 1. The quantitative estimate of drug-likeness (QED) is 0.811. The fourth-order valence-electron chi connectivity index (χ4n) is 2.16. The number of carbonyl (C=O) groups is 1. The van der Waals surface area contributed by atoms with Gasteiger partial charge in [-0.1, -0.05) is 6.42 Å². The summed E-state index contributed by atoms with van der Waals surface area (Å²) in [6.07, 6.45) is 2.71. The summed E-state index contributed by atoms with van der Waals surface area (Å²) in [4.78, 5) is 10.8. The van der Waals surface area contributed by atoms with Crippen molar-refractivity contribution in [1.82, 2.24) is 4.31 Å². The van der Waals surface area contributed by atoms with E-state index >= 15 is 0 Å². The molecule has 3 N–H and O–H groups in total. The Bertz CT molecular complexity index is 592. The van der Waals surface area contributed by atoms with Crippen molar-refractivity contribution in [2.24, 2.45) is 0 Å². The summed E-state index contributed by atoms with van der Waals surface area (Å²) >= 11 is 0. The number of nitrogens with two attached hydrogens (primary N) is 1. The fourth-order valence-corrected chi connectivity index (χ4v) is 3.77. The first-order valence-electron chi connectivity index (χ1n) is 6.06. The van der Waals surface area contributed by atoms with Crippen LogP contribution in [0.3, 0.4) is 0 Å². The number of carboxylic acid groups (broad SMARTS) is 1. The number of anilines is 1. The highest BCUT2D eigenvalue weighted by molar-refractivity contribution is 7.89. The van der Waals surface area contributed by atoms with Crippen molar-refractivity contribution in [3.05, 3.63) is 23.8 Å². The Morgan fingerprint density at radius 2 is 1.84 bits per heavy atom. The summed E-state index contributed by atoms with van der Waals surface area (Å²) < 4.78 is 26.2. The Morgan fingerprint density at radius 1 is 1.21 bits per heavy atom. The molecule has 0 atom stereocenters. The van der Waals surface area contributed by atoms with Crippen molar-refractivity contribution in [3.63, 3.8) is 0 Å². The van der Waals surface area contributed by atoms with Crippen LogP contribution in [0, 0.1) is 0 Å². The number of hydrogen-bond acceptors (Lipinski definition) is 4. The second kappa shape index (κ2) is 5.18. The first-order chi connectivity index (χ1) is 8.93. The maximum Gasteiger partial charge on any atom is 0.335 e. The van der Waals surface area contributed by atoms with Gasteiger partial charge >= 0.3 is 5.97 Å². The van der Waals surface area contributed by atoms with Gasteiger partial charge in [-0.25, -0.2) is 13.2 Å². The zero-order chi connectivity index (χ0) is 14.0. The van der Waals surface area contributed by atoms with Crippen LogP contribution in [0.4, 0.5) is 5.69 Å². The molecule has 0 unspecified atom stereocenters. The van der Waals surface area contributed by atoms with Crippen LogP contribution in [0.2, 0.25) is 0 Å². The lowest BCUT2D eigenvalue weighted by atomic mass is 10.2. The third-order valence-corrected chi connectivity index (χ3v) is 5.16. The van der Waals surface area contributed by atoms with Gasteiger partial charge < -0.3 is 10.8 Å². The molecule has 0 spiro atoms. The number of hydrogen-bond donors (Lipinski definition) is 2. The summed E-state index contributed by atoms with van der Waals surface area (Å²) in [7, 11) is -3.62. The van der Waals surface area contributed by atoms with Crippen molar-refractivity contribution in [3.8, 4) is 0 Å². The number of piperidine rings is 1. The van der Waals surface area contributed by atoms with Crippen LogP contribution in [0.15, 0.2) is 23.1 Å². The second-order valence-corrected chi connectivity index (χ2v) is 6.43. The molecule has 1 aliphatic heterocycles. The van der Waals surface area contributed by atoms with Gasteiger partial charge in [-0.2, -0.15) is 4.31 Å². The lowest BCUT2D eigenvalue weighted by molar-refractivity contribution is 0.0697. The van der Waals surface area contributed by atoms with Gasteiger partial charge in [-0.05, 0) is 31.0 Å². The standard InChI is InChI=1S/C12H16N2O4S/c13-10-8-9(12(15)16)4-5-11(10)19(17,18)14-6-2-1-3-7-14/h4-5,8H,1-3,6-7,13H2,(H,15,16). The summed E-state index contributed by atoms with van der Waals surface area (Å²) in [6.45, 7) is 0.977. The summed E-state index contributed by atoms with van der Waals surface area (Å²) in [5.41, 5.74) is 5.64. The predicted molar refractivity (Wildman–Crippen MR) is 70.4 cm³/mol. The molecular weight excluding hydrogens is 268 g/mol. The maximum absolute atomic E-state index is 12.4. The number of sulfonamides is 1. The van der Waals surface area contributed by atoms with Crippen LogP contribution >= 0.6 is 0 Å². The molecule has 2 rings (SSSR count). The third kappa shape index (κ3) is 2.71. The van der Waals surface area contributed by atoms with Crippen LogP contribution in [0.25, 0.3) is 0 Å². The molecule has 1 aromatic carbocycles. The molecule has 1 saturated heterocycles. The number of carboxylic acids is 1. The van der Waals surface area contributed by atoms with E-state index in [2.05, 4.69) is 0 Å². The topological polar surface area (TPSA) is 101 Å². The van der Waals surface area contributed by atoms with Gasteiger partial charge in [0.05, 0.1) is 11.3 Å².